The van der Waals surface area contributed by atoms with Crippen molar-refractivity contribution >= 4 is 92.0 Å². The molecule has 16 nitrogen and oxygen atoms in total. The van der Waals surface area contributed by atoms with E-state index in [9.17, 15) is 56.7 Å². The standard InChI is InChI=1S/C49H52BrF2N6O10PS/c1-48(2,3)42(55-44(62)39-27-30-26-31(14-20-38(30)70-39)49(51,52)69(66,67)68)47(65)57-24-9-13-37(57)46(64)56(33-17-15-32(50)16-18-33)25-22-40(59)53-23-7-5-4-6-10-29-11-8-12-34-35(29)28-58(45(34)63)36-19-21-41(60)54-43(36)61/h8,11-12,14-18,20,26-27,36-37,42H,4-5,7,9,13,19,21-25,28H2,1-3H3,(H,53,59)(H,55,62)(H,54,60,61)(H2,66,67,68)/t36?,37-,42?/m0/s1. The number of anilines is 1. The second-order valence-electron chi connectivity index (χ2n) is 18.5. The van der Waals surface area contributed by atoms with E-state index < -0.39 is 66.0 Å². The maximum atomic E-state index is 14.5. The minimum Gasteiger partial charge on any atom is -0.356 e. The fourth-order valence-corrected chi connectivity index (χ4v) is 10.4. The third kappa shape index (κ3) is 11.5. The molecule has 4 aromatic rings. The zero-order valence-electron chi connectivity index (χ0n) is 38.6. The highest BCUT2D eigenvalue weighted by molar-refractivity contribution is 9.10. The number of amides is 7. The molecule has 7 amide bonds. The van der Waals surface area contributed by atoms with Gasteiger partial charge in [0.2, 0.25) is 29.5 Å². The molecule has 3 atom stereocenters. The van der Waals surface area contributed by atoms with Crippen molar-refractivity contribution in [3.05, 3.63) is 98.3 Å². The number of carbonyl (C=O) groups is 7. The van der Waals surface area contributed by atoms with E-state index in [2.05, 4.69) is 43.7 Å². The quantitative estimate of drug-likeness (QED) is 0.0374. The van der Waals surface area contributed by atoms with E-state index in [0.29, 0.717) is 60.2 Å². The third-order valence-electron chi connectivity index (χ3n) is 12.5. The Bertz CT molecular complexity index is 2860. The van der Waals surface area contributed by atoms with Crippen molar-refractivity contribution in [1.82, 2.24) is 25.8 Å². The Morgan fingerprint density at radius 1 is 1.01 bits per heavy atom. The van der Waals surface area contributed by atoms with Gasteiger partial charge >= 0.3 is 13.3 Å². The summed E-state index contributed by atoms with van der Waals surface area (Å²) in [6.07, 6.45) is 3.04. The van der Waals surface area contributed by atoms with Crippen LogP contribution in [0.1, 0.15) is 109 Å². The fourth-order valence-electron chi connectivity index (χ4n) is 8.71. The Morgan fingerprint density at radius 3 is 2.46 bits per heavy atom. The lowest BCUT2D eigenvalue weighted by atomic mass is 9.85. The Kier molecular flexibility index (Phi) is 15.8. The average molecular weight is 1070 g/mol. The SMILES string of the molecule is CC(C)(C)C(NC(=O)c1cc2cc(C(F)(F)P(=O)(O)O)ccc2s1)C(=O)N1CCC[C@H]1C(=O)N(CCC(=O)NCCCCC#Cc1cccc2c1CN(C1CCC(=O)NC1=O)C2=O)c1ccc(Br)cc1. The summed E-state index contributed by atoms with van der Waals surface area (Å²) in [7, 11) is -5.83. The van der Waals surface area contributed by atoms with E-state index in [1.165, 1.54) is 26.8 Å². The van der Waals surface area contributed by atoms with Crippen LogP contribution in [0.2, 0.25) is 0 Å². The smallest absolute Gasteiger partial charge is 0.356 e. The Morgan fingerprint density at radius 2 is 1.76 bits per heavy atom. The molecule has 0 saturated carbocycles. The van der Waals surface area contributed by atoms with Gasteiger partial charge in [-0.05, 0) is 103 Å². The van der Waals surface area contributed by atoms with Crippen LogP contribution < -0.4 is 20.9 Å². The molecule has 0 aliphatic carbocycles. The molecule has 3 aliphatic rings. The molecule has 21 heteroatoms. The van der Waals surface area contributed by atoms with Crippen molar-refractivity contribution < 1.29 is 56.7 Å². The van der Waals surface area contributed by atoms with Crippen molar-refractivity contribution in [2.75, 3.05) is 24.5 Å². The van der Waals surface area contributed by atoms with Gasteiger partial charge in [-0.25, -0.2) is 0 Å². The number of unbranched alkanes of at least 4 members (excludes halogenated alkanes) is 2. The van der Waals surface area contributed by atoms with Crippen molar-refractivity contribution in [3.63, 3.8) is 0 Å². The number of hydrogen-bond acceptors (Lipinski definition) is 9. The van der Waals surface area contributed by atoms with Crippen molar-refractivity contribution in [2.45, 2.75) is 102 Å². The first-order valence-corrected chi connectivity index (χ1v) is 26.0. The molecule has 2 saturated heterocycles. The minimum atomic E-state index is -5.83. The number of benzene rings is 3. The van der Waals surface area contributed by atoms with Gasteiger partial charge in [0.15, 0.2) is 0 Å². The van der Waals surface area contributed by atoms with Gasteiger partial charge in [-0.3, -0.25) is 43.4 Å². The number of imide groups is 1. The predicted molar refractivity (Wildman–Crippen MR) is 261 cm³/mol. The van der Waals surface area contributed by atoms with E-state index in [-0.39, 0.29) is 66.9 Å². The summed E-state index contributed by atoms with van der Waals surface area (Å²) < 4.78 is 41.6. The first kappa shape index (κ1) is 52.0. The lowest BCUT2D eigenvalue weighted by Gasteiger charge is -2.36. The molecule has 70 heavy (non-hydrogen) atoms. The molecule has 4 heterocycles. The number of rotatable bonds is 15. The molecular weight excluding hydrogens is 1010 g/mol. The number of fused-ring (bicyclic) bond motifs is 2. The van der Waals surface area contributed by atoms with Crippen molar-refractivity contribution in [2.24, 2.45) is 5.41 Å². The maximum absolute atomic E-state index is 14.5. The lowest BCUT2D eigenvalue weighted by molar-refractivity contribution is -0.141. The van der Waals surface area contributed by atoms with Crippen LogP contribution in [0.5, 0.6) is 0 Å². The molecule has 5 N–H and O–H groups in total. The van der Waals surface area contributed by atoms with Gasteiger partial charge in [-0.15, -0.1) is 11.3 Å². The molecule has 0 spiro atoms. The second-order valence-corrected chi connectivity index (χ2v) is 22.1. The van der Waals surface area contributed by atoms with Gasteiger partial charge in [0.25, 0.3) is 11.8 Å². The van der Waals surface area contributed by atoms with E-state index >= 15 is 0 Å². The second kappa shape index (κ2) is 21.3. The van der Waals surface area contributed by atoms with Crippen LogP contribution in [-0.2, 0) is 40.7 Å². The zero-order chi connectivity index (χ0) is 50.7. The maximum Gasteiger partial charge on any atom is 0.399 e. The Hall–Kier alpha value is -5.84. The number of piperidine rings is 1. The van der Waals surface area contributed by atoms with Crippen LogP contribution in [0.3, 0.4) is 0 Å². The minimum absolute atomic E-state index is 0.00829. The molecule has 0 bridgehead atoms. The summed E-state index contributed by atoms with van der Waals surface area (Å²) in [6.45, 7) is 6.09. The highest BCUT2D eigenvalue weighted by Crippen LogP contribution is 2.59. The van der Waals surface area contributed by atoms with Crippen molar-refractivity contribution in [3.8, 4) is 11.8 Å². The number of hydrogen-bond donors (Lipinski definition) is 5. The summed E-state index contributed by atoms with van der Waals surface area (Å²) in [4.78, 5) is 116. The summed E-state index contributed by atoms with van der Waals surface area (Å²) in [5, 5.41) is 8.18. The van der Waals surface area contributed by atoms with Gasteiger partial charge in [0.1, 0.15) is 18.1 Å². The van der Waals surface area contributed by atoms with Crippen LogP contribution in [0.25, 0.3) is 10.1 Å². The summed E-state index contributed by atoms with van der Waals surface area (Å²) in [5.74, 6) is 3.34. The van der Waals surface area contributed by atoms with E-state index in [1.807, 2.05) is 6.07 Å². The molecule has 0 radical (unpaired) electrons. The van der Waals surface area contributed by atoms with Crippen LogP contribution in [-0.4, -0.2) is 98.7 Å². The van der Waals surface area contributed by atoms with Crippen molar-refractivity contribution in [1.29, 1.82) is 0 Å². The van der Waals surface area contributed by atoms with E-state index in [0.717, 1.165) is 33.5 Å². The zero-order valence-corrected chi connectivity index (χ0v) is 41.9. The van der Waals surface area contributed by atoms with Crippen LogP contribution in [0, 0.1) is 17.3 Å². The van der Waals surface area contributed by atoms with Crippen LogP contribution in [0.15, 0.2) is 71.2 Å². The predicted octanol–water partition coefficient (Wildman–Crippen LogP) is 6.55. The molecular formula is C49H52BrF2N6O10PS. The van der Waals surface area contributed by atoms with E-state index in [4.69, 9.17) is 0 Å². The van der Waals surface area contributed by atoms with Gasteiger partial charge in [-0.1, -0.05) is 60.7 Å². The number of nitrogens with zero attached hydrogens (tertiary/aromatic N) is 3. The van der Waals surface area contributed by atoms with Crippen LogP contribution in [0.4, 0.5) is 14.5 Å². The van der Waals surface area contributed by atoms with Gasteiger partial charge in [-0.2, -0.15) is 8.78 Å². The first-order chi connectivity index (χ1) is 33.0. The number of nitrogens with one attached hydrogen (secondary N) is 3. The Labute approximate surface area is 415 Å². The van der Waals surface area contributed by atoms with Crippen LogP contribution >= 0.6 is 34.9 Å². The molecule has 3 aliphatic heterocycles. The average Bonchev–Trinajstić information content (AvgIpc) is 4.05. The van der Waals surface area contributed by atoms with E-state index in [1.54, 1.807) is 57.2 Å². The number of thiophene rings is 1. The highest BCUT2D eigenvalue weighted by Gasteiger charge is 2.50. The molecule has 7 rings (SSSR count). The number of halogens is 3. The topological polar surface area (TPSA) is 223 Å². The third-order valence-corrected chi connectivity index (χ3v) is 15.1. The normalized spacial score (nSPS) is 17.7. The monoisotopic (exact) mass is 1060 g/mol. The fraction of sp³-hybridized carbons (Fsp3) is 0.408. The van der Waals surface area contributed by atoms with Gasteiger partial charge in [0, 0.05) is 77.0 Å². The van der Waals surface area contributed by atoms with Gasteiger partial charge in [0.05, 0.1) is 4.88 Å². The molecule has 1 aromatic heterocycles. The Balaban J connectivity index is 0.943. The number of likely N-dealkylation sites (tertiary alicyclic amines) is 1. The number of carbonyl (C=O) groups excluding carboxylic acids is 7. The molecule has 3 aromatic carbocycles. The molecule has 370 valence electrons. The summed E-state index contributed by atoms with van der Waals surface area (Å²) in [6, 6.07) is 13.9. The summed E-state index contributed by atoms with van der Waals surface area (Å²) in [5.41, 5.74) is -3.77. The van der Waals surface area contributed by atoms with Gasteiger partial charge < -0.3 is 35.1 Å². The lowest BCUT2D eigenvalue weighted by Crippen LogP contribution is -2.58. The largest absolute Gasteiger partial charge is 0.399 e. The highest BCUT2D eigenvalue weighted by atomic mass is 79.9. The first-order valence-electron chi connectivity index (χ1n) is 22.7. The number of alkyl halides is 2. The summed E-state index contributed by atoms with van der Waals surface area (Å²) >= 11 is 4.38. The molecule has 2 unspecified atom stereocenters. The molecule has 2 fully saturated rings.